The monoisotopic (exact) mass is 337 g/mol. The number of aromatic nitrogens is 1. The lowest BCUT2D eigenvalue weighted by Gasteiger charge is -2.08. The Hall–Kier alpha value is -1.75. The van der Waals surface area contributed by atoms with Gasteiger partial charge in [0, 0.05) is 17.2 Å². The third kappa shape index (κ3) is 3.63. The zero-order chi connectivity index (χ0) is 14.5. The van der Waals surface area contributed by atoms with E-state index in [0.717, 1.165) is 15.9 Å². The molecule has 0 atom stereocenters. The fraction of sp³-hybridized carbons (Fsp3) is 0.267. The van der Waals surface area contributed by atoms with Gasteiger partial charge in [-0.15, -0.1) is 0 Å². The number of esters is 1. The molecule has 0 saturated carbocycles. The van der Waals surface area contributed by atoms with Crippen LogP contribution in [0.15, 0.2) is 40.9 Å². The molecule has 5 heteroatoms. The van der Waals surface area contributed by atoms with Crippen LogP contribution in [-0.2, 0) is 11.8 Å². The van der Waals surface area contributed by atoms with Gasteiger partial charge in [0.25, 0.3) is 0 Å². The number of halogens is 1. The minimum atomic E-state index is -0.335. The maximum Gasteiger partial charge on any atom is 0.355 e. The lowest BCUT2D eigenvalue weighted by Crippen LogP contribution is -2.15. The van der Waals surface area contributed by atoms with E-state index in [-0.39, 0.29) is 12.6 Å². The molecule has 0 unspecified atom stereocenters. The Kier molecular flexibility index (Phi) is 4.84. The third-order valence-corrected chi connectivity index (χ3v) is 3.46. The first-order valence-corrected chi connectivity index (χ1v) is 7.05. The molecule has 0 bridgehead atoms. The van der Waals surface area contributed by atoms with Crippen LogP contribution in [-0.4, -0.2) is 23.8 Å². The molecule has 0 N–H and O–H groups in total. The normalized spacial score (nSPS) is 10.3. The molecule has 4 nitrogen and oxygen atoms in total. The van der Waals surface area contributed by atoms with E-state index in [9.17, 15) is 4.79 Å². The van der Waals surface area contributed by atoms with Crippen molar-refractivity contribution in [1.82, 2.24) is 4.57 Å². The van der Waals surface area contributed by atoms with Crippen LogP contribution in [0.2, 0.25) is 0 Å². The molecule has 0 saturated heterocycles. The van der Waals surface area contributed by atoms with E-state index < -0.39 is 0 Å². The maximum absolute atomic E-state index is 11.8. The van der Waals surface area contributed by atoms with Gasteiger partial charge in [-0.2, -0.15) is 0 Å². The number of aryl methyl sites for hydroxylation is 1. The zero-order valence-corrected chi connectivity index (χ0v) is 13.0. The number of hydrogen-bond donors (Lipinski definition) is 0. The van der Waals surface area contributed by atoms with Gasteiger partial charge < -0.3 is 14.0 Å². The van der Waals surface area contributed by atoms with Gasteiger partial charge in [-0.3, -0.25) is 0 Å². The molecule has 0 aliphatic heterocycles. The van der Waals surface area contributed by atoms with Gasteiger partial charge in [-0.25, -0.2) is 4.79 Å². The van der Waals surface area contributed by atoms with Crippen LogP contribution in [0.1, 0.15) is 16.2 Å². The summed E-state index contributed by atoms with van der Waals surface area (Å²) < 4.78 is 13.4. The summed E-state index contributed by atoms with van der Waals surface area (Å²) >= 11 is 3.37. The first-order chi connectivity index (χ1) is 9.58. The van der Waals surface area contributed by atoms with Gasteiger partial charge in [-0.05, 0) is 37.3 Å². The molecule has 0 radical (unpaired) electrons. The van der Waals surface area contributed by atoms with Gasteiger partial charge in [0.15, 0.2) is 0 Å². The van der Waals surface area contributed by atoms with Gasteiger partial charge in [0.1, 0.15) is 24.7 Å². The Bertz CT molecular complexity index is 607. The zero-order valence-electron chi connectivity index (χ0n) is 11.4. The number of ether oxygens (including phenoxy) is 2. The molecule has 106 valence electrons. The Morgan fingerprint density at radius 1 is 1.25 bits per heavy atom. The molecule has 20 heavy (non-hydrogen) atoms. The second-order valence-electron chi connectivity index (χ2n) is 4.36. The fourth-order valence-electron chi connectivity index (χ4n) is 1.74. The molecule has 0 amide bonds. The van der Waals surface area contributed by atoms with Crippen LogP contribution in [0, 0.1) is 6.92 Å². The topological polar surface area (TPSA) is 40.5 Å². The highest BCUT2D eigenvalue weighted by Gasteiger charge is 2.11. The van der Waals surface area contributed by atoms with Crippen molar-refractivity contribution in [2.45, 2.75) is 6.92 Å². The third-order valence-electron chi connectivity index (χ3n) is 2.96. The van der Waals surface area contributed by atoms with Crippen LogP contribution in [0.5, 0.6) is 5.75 Å². The highest BCUT2D eigenvalue weighted by atomic mass is 79.9. The molecule has 2 rings (SSSR count). The molecule has 1 heterocycles. The molecule has 0 fully saturated rings. The largest absolute Gasteiger partial charge is 0.490 e. The molecular weight excluding hydrogens is 322 g/mol. The minimum Gasteiger partial charge on any atom is -0.490 e. The number of carbonyl (C=O) groups excluding carboxylic acids is 1. The summed E-state index contributed by atoms with van der Waals surface area (Å²) in [6.45, 7) is 2.48. The van der Waals surface area contributed by atoms with Crippen molar-refractivity contribution in [3.8, 4) is 5.75 Å². The summed E-state index contributed by atoms with van der Waals surface area (Å²) in [7, 11) is 1.84. The molecule has 0 aliphatic rings. The molecule has 1 aromatic heterocycles. The maximum atomic E-state index is 11.8. The number of hydrogen-bond acceptors (Lipinski definition) is 3. The van der Waals surface area contributed by atoms with E-state index >= 15 is 0 Å². The Labute approximate surface area is 126 Å². The van der Waals surface area contributed by atoms with Crippen molar-refractivity contribution in [2.24, 2.45) is 7.05 Å². The van der Waals surface area contributed by atoms with Crippen molar-refractivity contribution < 1.29 is 14.3 Å². The first-order valence-electron chi connectivity index (χ1n) is 6.26. The standard InChI is InChI=1S/C15H16BrNO3/c1-11-6-7-14(17(11)2)15(18)20-9-8-19-13-5-3-4-12(16)10-13/h3-7,10H,8-9H2,1-2H3. The van der Waals surface area contributed by atoms with Crippen molar-refractivity contribution >= 4 is 21.9 Å². The van der Waals surface area contributed by atoms with Gasteiger partial charge in [0.2, 0.25) is 0 Å². The summed E-state index contributed by atoms with van der Waals surface area (Å²) in [5.41, 5.74) is 1.56. The Morgan fingerprint density at radius 3 is 2.70 bits per heavy atom. The SMILES string of the molecule is Cc1ccc(C(=O)OCCOc2cccc(Br)c2)n1C. The van der Waals surface area contributed by atoms with E-state index in [2.05, 4.69) is 15.9 Å². The number of benzene rings is 1. The van der Waals surface area contributed by atoms with Crippen LogP contribution in [0.4, 0.5) is 0 Å². The predicted molar refractivity (Wildman–Crippen MR) is 80.1 cm³/mol. The minimum absolute atomic E-state index is 0.218. The lowest BCUT2D eigenvalue weighted by atomic mass is 10.3. The van der Waals surface area contributed by atoms with E-state index in [0.29, 0.717) is 12.3 Å². The second kappa shape index (κ2) is 6.61. The smallest absolute Gasteiger partial charge is 0.355 e. The van der Waals surface area contributed by atoms with Gasteiger partial charge >= 0.3 is 5.97 Å². The molecule has 2 aromatic rings. The quantitative estimate of drug-likeness (QED) is 0.620. The summed E-state index contributed by atoms with van der Waals surface area (Å²) in [5.74, 6) is 0.406. The van der Waals surface area contributed by atoms with Crippen molar-refractivity contribution in [1.29, 1.82) is 0 Å². The van der Waals surface area contributed by atoms with E-state index in [1.54, 1.807) is 10.6 Å². The Balaban J connectivity index is 1.79. The van der Waals surface area contributed by atoms with Crippen LogP contribution in [0.25, 0.3) is 0 Å². The summed E-state index contributed by atoms with van der Waals surface area (Å²) in [6.07, 6.45) is 0. The van der Waals surface area contributed by atoms with Gasteiger partial charge in [-0.1, -0.05) is 22.0 Å². The lowest BCUT2D eigenvalue weighted by molar-refractivity contribution is 0.0439. The highest BCUT2D eigenvalue weighted by molar-refractivity contribution is 9.10. The average Bonchev–Trinajstić information content (AvgIpc) is 2.75. The van der Waals surface area contributed by atoms with Crippen LogP contribution < -0.4 is 4.74 Å². The molecular formula is C15H16BrNO3. The summed E-state index contributed by atoms with van der Waals surface area (Å²) in [4.78, 5) is 11.8. The van der Waals surface area contributed by atoms with Crippen LogP contribution in [0.3, 0.4) is 0 Å². The first kappa shape index (κ1) is 14.7. The van der Waals surface area contributed by atoms with Crippen LogP contribution >= 0.6 is 15.9 Å². The number of rotatable bonds is 5. The van der Waals surface area contributed by atoms with E-state index in [4.69, 9.17) is 9.47 Å². The van der Waals surface area contributed by atoms with Gasteiger partial charge in [0.05, 0.1) is 0 Å². The summed E-state index contributed by atoms with van der Waals surface area (Å²) in [5, 5.41) is 0. The van der Waals surface area contributed by atoms with Crippen molar-refractivity contribution in [3.05, 3.63) is 52.3 Å². The van der Waals surface area contributed by atoms with Crippen molar-refractivity contribution in [2.75, 3.05) is 13.2 Å². The predicted octanol–water partition coefficient (Wildman–Crippen LogP) is 3.33. The molecule has 0 aliphatic carbocycles. The molecule has 1 aromatic carbocycles. The second-order valence-corrected chi connectivity index (χ2v) is 5.28. The average molecular weight is 338 g/mol. The highest BCUT2D eigenvalue weighted by Crippen LogP contribution is 2.17. The fourth-order valence-corrected chi connectivity index (χ4v) is 2.12. The van der Waals surface area contributed by atoms with E-state index in [1.165, 1.54) is 0 Å². The van der Waals surface area contributed by atoms with E-state index in [1.807, 2.05) is 44.3 Å². The van der Waals surface area contributed by atoms with Crippen molar-refractivity contribution in [3.63, 3.8) is 0 Å². The molecule has 0 spiro atoms. The summed E-state index contributed by atoms with van der Waals surface area (Å²) in [6, 6.07) is 11.2. The Morgan fingerprint density at radius 2 is 2.05 bits per heavy atom. The number of nitrogens with zero attached hydrogens (tertiary/aromatic N) is 1. The number of carbonyl (C=O) groups is 1.